The molecular weight excluding hydrogens is 218 g/mol. The minimum absolute atomic E-state index is 0.0914. The average molecular weight is 241 g/mol. The quantitative estimate of drug-likeness (QED) is 0.774. The highest BCUT2D eigenvalue weighted by molar-refractivity contribution is 5.87. The molecule has 2 fully saturated rings. The van der Waals surface area contributed by atoms with E-state index in [0.717, 1.165) is 32.5 Å². The lowest BCUT2D eigenvalue weighted by molar-refractivity contribution is -0.130. The summed E-state index contributed by atoms with van der Waals surface area (Å²) < 4.78 is 5.38. The van der Waals surface area contributed by atoms with Crippen LogP contribution in [0.15, 0.2) is 0 Å². The molecule has 2 aliphatic rings. The highest BCUT2D eigenvalue weighted by Crippen LogP contribution is 2.70. The molecule has 1 saturated heterocycles. The second-order valence-electron chi connectivity index (χ2n) is 5.75. The lowest BCUT2D eigenvalue weighted by atomic mass is 9.83. The normalized spacial score (nSPS) is 30.6. The lowest BCUT2D eigenvalue weighted by Crippen LogP contribution is -2.41. The third-order valence-electron chi connectivity index (χ3n) is 4.37. The second kappa shape index (κ2) is 4.58. The van der Waals surface area contributed by atoms with Gasteiger partial charge in [0.25, 0.3) is 0 Å². The fraction of sp³-hybridized carbons (Fsp3) is 0.923. The molecule has 0 aromatic heterocycles. The topological polar surface area (TPSA) is 58.6 Å². The maximum atomic E-state index is 12.3. The summed E-state index contributed by atoms with van der Waals surface area (Å²) in [6, 6.07) is 0.163. The Kier molecular flexibility index (Phi) is 3.46. The van der Waals surface area contributed by atoms with Gasteiger partial charge in [0.2, 0.25) is 5.91 Å². The lowest BCUT2D eigenvalue weighted by Gasteiger charge is -2.29. The first-order chi connectivity index (χ1) is 8.06. The third kappa shape index (κ3) is 2.08. The van der Waals surface area contributed by atoms with Gasteiger partial charge < -0.3 is 15.2 Å². The Bertz CT molecular complexity index is 297. The Morgan fingerprint density at radius 2 is 2.06 bits per heavy atom. The van der Waals surface area contributed by atoms with Crippen molar-refractivity contribution in [3.8, 4) is 0 Å². The SMILES string of the molecule is CC(C)NC(=O)C1(CCO)CC12CCOCC2. The molecule has 1 aliphatic heterocycles. The van der Waals surface area contributed by atoms with E-state index in [9.17, 15) is 9.90 Å². The van der Waals surface area contributed by atoms with E-state index in [1.54, 1.807) is 0 Å². The van der Waals surface area contributed by atoms with Crippen molar-refractivity contribution >= 4 is 5.91 Å². The van der Waals surface area contributed by atoms with E-state index in [1.165, 1.54) is 0 Å². The highest BCUT2D eigenvalue weighted by Gasteiger charge is 2.70. The van der Waals surface area contributed by atoms with Gasteiger partial charge in [0.1, 0.15) is 0 Å². The summed E-state index contributed by atoms with van der Waals surface area (Å²) >= 11 is 0. The van der Waals surface area contributed by atoms with Gasteiger partial charge in [0, 0.05) is 25.9 Å². The van der Waals surface area contributed by atoms with Crippen molar-refractivity contribution < 1.29 is 14.6 Å². The van der Waals surface area contributed by atoms with Crippen molar-refractivity contribution in [3.63, 3.8) is 0 Å². The van der Waals surface area contributed by atoms with E-state index in [4.69, 9.17) is 4.74 Å². The molecule has 98 valence electrons. The zero-order valence-electron chi connectivity index (χ0n) is 10.8. The van der Waals surface area contributed by atoms with Gasteiger partial charge in [-0.1, -0.05) is 0 Å². The van der Waals surface area contributed by atoms with Crippen LogP contribution in [0.2, 0.25) is 0 Å². The standard InChI is InChI=1S/C13H23NO3/c1-10(2)14-11(16)13(3-6-15)9-12(13)4-7-17-8-5-12/h10,15H,3-9H2,1-2H3,(H,14,16). The summed E-state index contributed by atoms with van der Waals surface area (Å²) in [5.41, 5.74) is -0.219. The Morgan fingerprint density at radius 3 is 2.59 bits per heavy atom. The van der Waals surface area contributed by atoms with Crippen LogP contribution in [-0.4, -0.2) is 36.9 Å². The molecule has 0 aromatic rings. The molecule has 1 unspecified atom stereocenters. The number of nitrogens with one attached hydrogen (secondary N) is 1. The van der Waals surface area contributed by atoms with Crippen LogP contribution in [0.25, 0.3) is 0 Å². The molecule has 2 rings (SSSR count). The van der Waals surface area contributed by atoms with Gasteiger partial charge in [-0.15, -0.1) is 0 Å². The number of rotatable bonds is 4. The van der Waals surface area contributed by atoms with Crippen molar-refractivity contribution in [2.24, 2.45) is 10.8 Å². The van der Waals surface area contributed by atoms with Crippen LogP contribution in [0.3, 0.4) is 0 Å². The highest BCUT2D eigenvalue weighted by atomic mass is 16.5. The third-order valence-corrected chi connectivity index (χ3v) is 4.37. The maximum Gasteiger partial charge on any atom is 0.227 e. The molecule has 0 aromatic carbocycles. The molecule has 0 radical (unpaired) electrons. The summed E-state index contributed by atoms with van der Waals surface area (Å²) in [5, 5.41) is 12.2. The van der Waals surface area contributed by atoms with E-state index >= 15 is 0 Å². The molecule has 1 spiro atoms. The smallest absolute Gasteiger partial charge is 0.227 e. The molecule has 4 nitrogen and oxygen atoms in total. The minimum Gasteiger partial charge on any atom is -0.396 e. The predicted octanol–water partition coefficient (Wildman–Crippen LogP) is 1.08. The average Bonchev–Trinajstić information content (AvgIpc) is 2.87. The van der Waals surface area contributed by atoms with Crippen LogP contribution in [0.4, 0.5) is 0 Å². The Labute approximate surface area is 103 Å². The molecule has 1 amide bonds. The van der Waals surface area contributed by atoms with Crippen LogP contribution in [-0.2, 0) is 9.53 Å². The number of hydrogen-bond donors (Lipinski definition) is 2. The van der Waals surface area contributed by atoms with E-state index in [-0.39, 0.29) is 29.4 Å². The summed E-state index contributed by atoms with van der Waals surface area (Å²) in [7, 11) is 0. The molecular formula is C13H23NO3. The van der Waals surface area contributed by atoms with E-state index in [0.29, 0.717) is 6.42 Å². The fourth-order valence-corrected chi connectivity index (χ4v) is 3.33. The van der Waals surface area contributed by atoms with Gasteiger partial charge >= 0.3 is 0 Å². The molecule has 0 bridgehead atoms. The fourth-order valence-electron chi connectivity index (χ4n) is 3.33. The summed E-state index contributed by atoms with van der Waals surface area (Å²) in [5.74, 6) is 0.128. The van der Waals surface area contributed by atoms with Gasteiger partial charge in [0.05, 0.1) is 5.41 Å². The van der Waals surface area contributed by atoms with Crippen molar-refractivity contribution in [2.45, 2.75) is 45.6 Å². The van der Waals surface area contributed by atoms with Crippen LogP contribution in [0.1, 0.15) is 39.5 Å². The van der Waals surface area contributed by atoms with Crippen molar-refractivity contribution in [1.82, 2.24) is 5.32 Å². The van der Waals surface area contributed by atoms with Gasteiger partial charge in [-0.25, -0.2) is 0 Å². The molecule has 1 aliphatic carbocycles. The summed E-state index contributed by atoms with van der Waals surface area (Å²) in [4.78, 5) is 12.3. The Balaban J connectivity index is 2.10. The van der Waals surface area contributed by atoms with Gasteiger partial charge in [0.15, 0.2) is 0 Å². The molecule has 1 saturated carbocycles. The molecule has 2 N–H and O–H groups in total. The Morgan fingerprint density at radius 1 is 1.41 bits per heavy atom. The zero-order valence-corrected chi connectivity index (χ0v) is 10.8. The summed E-state index contributed by atoms with van der Waals surface area (Å²) in [6.45, 7) is 5.55. The maximum absolute atomic E-state index is 12.3. The first-order valence-corrected chi connectivity index (χ1v) is 6.56. The number of carbonyl (C=O) groups is 1. The first-order valence-electron chi connectivity index (χ1n) is 6.56. The molecule has 17 heavy (non-hydrogen) atoms. The van der Waals surface area contributed by atoms with Gasteiger partial charge in [-0.2, -0.15) is 0 Å². The second-order valence-corrected chi connectivity index (χ2v) is 5.75. The molecule has 4 heteroatoms. The predicted molar refractivity (Wildman–Crippen MR) is 64.5 cm³/mol. The van der Waals surface area contributed by atoms with E-state index in [2.05, 4.69) is 5.32 Å². The van der Waals surface area contributed by atoms with Gasteiger partial charge in [-0.3, -0.25) is 4.79 Å². The number of carbonyl (C=O) groups excluding carboxylic acids is 1. The largest absolute Gasteiger partial charge is 0.396 e. The number of ether oxygens (including phenoxy) is 1. The molecule has 1 atom stereocenters. The first kappa shape index (κ1) is 12.8. The van der Waals surface area contributed by atoms with Crippen LogP contribution >= 0.6 is 0 Å². The van der Waals surface area contributed by atoms with Crippen molar-refractivity contribution in [1.29, 1.82) is 0 Å². The Hall–Kier alpha value is -0.610. The number of amides is 1. The minimum atomic E-state index is -0.324. The monoisotopic (exact) mass is 241 g/mol. The zero-order chi connectivity index (χ0) is 12.5. The summed E-state index contributed by atoms with van der Waals surface area (Å²) in [6.07, 6.45) is 3.42. The van der Waals surface area contributed by atoms with Crippen molar-refractivity contribution in [2.75, 3.05) is 19.8 Å². The van der Waals surface area contributed by atoms with Gasteiger partial charge in [-0.05, 0) is 44.9 Å². The molecule has 1 heterocycles. The number of aliphatic hydroxyl groups excluding tert-OH is 1. The number of hydrogen-bond acceptors (Lipinski definition) is 3. The van der Waals surface area contributed by atoms with Crippen LogP contribution in [0, 0.1) is 10.8 Å². The van der Waals surface area contributed by atoms with Crippen LogP contribution in [0.5, 0.6) is 0 Å². The van der Waals surface area contributed by atoms with E-state index < -0.39 is 0 Å². The van der Waals surface area contributed by atoms with Crippen LogP contribution < -0.4 is 5.32 Å². The number of aliphatic hydroxyl groups is 1. The van der Waals surface area contributed by atoms with Crippen molar-refractivity contribution in [3.05, 3.63) is 0 Å². The van der Waals surface area contributed by atoms with E-state index in [1.807, 2.05) is 13.8 Å².